The van der Waals surface area contributed by atoms with Gasteiger partial charge in [0.1, 0.15) is 23.7 Å². The van der Waals surface area contributed by atoms with Gasteiger partial charge in [0.15, 0.2) is 0 Å². The topological polar surface area (TPSA) is 87.3 Å². The lowest BCUT2D eigenvalue weighted by Crippen LogP contribution is -2.55. The van der Waals surface area contributed by atoms with Crippen LogP contribution in [0, 0.1) is 11.6 Å². The highest BCUT2D eigenvalue weighted by molar-refractivity contribution is 7.99. The molecule has 2 fully saturated rings. The smallest absolute Gasteiger partial charge is 0.244 e. The Hall–Kier alpha value is -3.72. The molecule has 226 valence electrons. The van der Waals surface area contributed by atoms with Gasteiger partial charge in [-0.1, -0.05) is 73.9 Å². The van der Waals surface area contributed by atoms with Crippen molar-refractivity contribution in [1.82, 2.24) is 16.0 Å². The Labute approximate surface area is 255 Å². The van der Waals surface area contributed by atoms with Crippen molar-refractivity contribution in [2.45, 2.75) is 68.2 Å². The van der Waals surface area contributed by atoms with Crippen LogP contribution in [0.3, 0.4) is 0 Å². The zero-order valence-electron chi connectivity index (χ0n) is 24.0. The van der Waals surface area contributed by atoms with Gasteiger partial charge in [0.25, 0.3) is 0 Å². The van der Waals surface area contributed by atoms with Crippen LogP contribution in [0.4, 0.5) is 8.78 Å². The van der Waals surface area contributed by atoms with Crippen molar-refractivity contribution in [2.75, 3.05) is 12.3 Å². The zero-order valence-corrected chi connectivity index (χ0v) is 24.8. The number of carbonyl (C=O) groups excluding carboxylic acids is 3. The van der Waals surface area contributed by atoms with Crippen molar-refractivity contribution in [2.24, 2.45) is 0 Å². The molecular formula is C34H37F2N3O3S. The van der Waals surface area contributed by atoms with Crippen molar-refractivity contribution >= 4 is 29.5 Å². The summed E-state index contributed by atoms with van der Waals surface area (Å²) in [5.74, 6) is -1.72. The van der Waals surface area contributed by atoms with Crippen LogP contribution in [0.5, 0.6) is 0 Å². The first-order valence-corrected chi connectivity index (χ1v) is 16.0. The maximum Gasteiger partial charge on any atom is 0.244 e. The van der Waals surface area contributed by atoms with Crippen LogP contribution in [0.15, 0.2) is 72.8 Å². The predicted octanol–water partition coefficient (Wildman–Crippen LogP) is 5.37. The van der Waals surface area contributed by atoms with Gasteiger partial charge in [-0.3, -0.25) is 14.4 Å². The molecule has 0 unspecified atom stereocenters. The largest absolute Gasteiger partial charge is 0.353 e. The second kappa shape index (κ2) is 14.6. The molecule has 3 aromatic rings. The quantitative estimate of drug-likeness (QED) is 0.306. The van der Waals surface area contributed by atoms with Gasteiger partial charge in [0.05, 0.1) is 11.7 Å². The molecule has 43 heavy (non-hydrogen) atoms. The summed E-state index contributed by atoms with van der Waals surface area (Å²) in [6.45, 7) is 0.484. The van der Waals surface area contributed by atoms with Crippen molar-refractivity contribution in [3.05, 3.63) is 107 Å². The molecule has 1 heterocycles. The van der Waals surface area contributed by atoms with E-state index in [0.29, 0.717) is 18.2 Å². The molecule has 3 atom stereocenters. The number of carbonyl (C=O) groups is 3. The highest BCUT2D eigenvalue weighted by Crippen LogP contribution is 2.34. The van der Waals surface area contributed by atoms with Gasteiger partial charge in [0.2, 0.25) is 17.7 Å². The average molecular weight is 606 g/mol. The summed E-state index contributed by atoms with van der Waals surface area (Å²) in [6, 6.07) is 18.8. The first kappa shape index (κ1) is 30.7. The number of amides is 3. The van der Waals surface area contributed by atoms with E-state index in [1.165, 1.54) is 24.8 Å². The summed E-state index contributed by atoms with van der Waals surface area (Å²) in [5.41, 5.74) is 3.20. The SMILES string of the molecule is O=C(Cc1cc(F)cc(F)c1)N[C@@H](Cc1cccc(C2CCCCC2)c1)C(=O)N[C@@H]1C(=O)NCCS[C@@H]1c1ccccc1. The van der Waals surface area contributed by atoms with Crippen LogP contribution >= 0.6 is 11.8 Å². The Balaban J connectivity index is 1.38. The summed E-state index contributed by atoms with van der Waals surface area (Å²) in [7, 11) is 0. The molecule has 3 N–H and O–H groups in total. The van der Waals surface area contributed by atoms with Crippen LogP contribution in [-0.4, -0.2) is 42.1 Å². The Bertz CT molecular complexity index is 1410. The third-order valence-corrected chi connectivity index (χ3v) is 9.46. The normalized spacial score (nSPS) is 20.0. The lowest BCUT2D eigenvalue weighted by atomic mass is 9.83. The van der Waals surface area contributed by atoms with E-state index in [9.17, 15) is 23.2 Å². The molecule has 2 aliphatic rings. The number of hydrogen-bond acceptors (Lipinski definition) is 4. The first-order valence-electron chi connectivity index (χ1n) is 14.9. The minimum absolute atomic E-state index is 0.164. The second-order valence-corrected chi connectivity index (χ2v) is 12.6. The van der Waals surface area contributed by atoms with E-state index in [0.717, 1.165) is 42.2 Å². The number of rotatable bonds is 9. The van der Waals surface area contributed by atoms with Crippen molar-refractivity contribution in [3.63, 3.8) is 0 Å². The Morgan fingerprint density at radius 1 is 0.884 bits per heavy atom. The predicted molar refractivity (Wildman–Crippen MR) is 165 cm³/mol. The average Bonchev–Trinajstić information content (AvgIpc) is 3.18. The first-order chi connectivity index (χ1) is 20.9. The fourth-order valence-corrected chi connectivity index (χ4v) is 7.24. The fraction of sp³-hybridized carbons (Fsp3) is 0.382. The summed E-state index contributed by atoms with van der Waals surface area (Å²) < 4.78 is 27.6. The van der Waals surface area contributed by atoms with E-state index in [1.54, 1.807) is 11.8 Å². The van der Waals surface area contributed by atoms with E-state index in [4.69, 9.17) is 0 Å². The fourth-order valence-electron chi connectivity index (χ4n) is 6.03. The standard InChI is InChI=1S/C34H37F2N3O3S/c35-27-17-23(18-28(36)21-27)20-30(40)38-29(19-22-8-7-13-26(16-22)24-9-3-1-4-10-24)33(41)39-31-32(25-11-5-2-6-12-25)43-15-14-37-34(31)42/h2,5-8,11-13,16-18,21,24,29,31-32H,1,3-4,9-10,14-15,19-20H2,(H,37,42)(H,38,40)(H,39,41)/t29-,31-,32+/m0/s1. The van der Waals surface area contributed by atoms with Crippen molar-refractivity contribution < 1.29 is 23.2 Å². The molecule has 5 rings (SSSR count). The highest BCUT2D eigenvalue weighted by atomic mass is 32.2. The third-order valence-electron chi connectivity index (χ3n) is 8.12. The lowest BCUT2D eigenvalue weighted by molar-refractivity contribution is -0.131. The van der Waals surface area contributed by atoms with E-state index in [1.807, 2.05) is 42.5 Å². The summed E-state index contributed by atoms with van der Waals surface area (Å²) in [6.07, 6.45) is 5.80. The Morgan fingerprint density at radius 2 is 1.60 bits per heavy atom. The molecule has 1 aliphatic heterocycles. The Morgan fingerprint density at radius 3 is 2.35 bits per heavy atom. The molecule has 3 amide bonds. The summed E-state index contributed by atoms with van der Waals surface area (Å²) in [4.78, 5) is 40.2. The number of hydrogen-bond donors (Lipinski definition) is 3. The van der Waals surface area contributed by atoms with Crippen LogP contribution in [0.2, 0.25) is 0 Å². The maximum absolute atomic E-state index is 13.9. The highest BCUT2D eigenvalue weighted by Gasteiger charge is 2.35. The zero-order chi connectivity index (χ0) is 30.2. The molecule has 0 bridgehead atoms. The molecule has 0 radical (unpaired) electrons. The van der Waals surface area contributed by atoms with Crippen LogP contribution in [0.1, 0.15) is 65.5 Å². The van der Waals surface area contributed by atoms with Crippen molar-refractivity contribution in [3.8, 4) is 0 Å². The van der Waals surface area contributed by atoms with Gasteiger partial charge in [-0.15, -0.1) is 11.8 Å². The van der Waals surface area contributed by atoms with Gasteiger partial charge >= 0.3 is 0 Å². The van der Waals surface area contributed by atoms with E-state index in [-0.39, 0.29) is 29.6 Å². The number of benzene rings is 3. The third kappa shape index (κ3) is 8.44. The van der Waals surface area contributed by atoms with Gasteiger partial charge < -0.3 is 16.0 Å². The van der Waals surface area contributed by atoms with E-state index < -0.39 is 35.5 Å². The molecule has 0 spiro atoms. The van der Waals surface area contributed by atoms with Crippen LogP contribution in [0.25, 0.3) is 0 Å². The minimum Gasteiger partial charge on any atom is -0.353 e. The molecule has 1 saturated heterocycles. The Kier molecular flexibility index (Phi) is 10.5. The van der Waals surface area contributed by atoms with Crippen molar-refractivity contribution in [1.29, 1.82) is 0 Å². The molecular weight excluding hydrogens is 568 g/mol. The van der Waals surface area contributed by atoms with Gasteiger partial charge in [-0.2, -0.15) is 0 Å². The molecule has 1 saturated carbocycles. The lowest BCUT2D eigenvalue weighted by Gasteiger charge is -2.27. The van der Waals surface area contributed by atoms with Gasteiger partial charge in [-0.25, -0.2) is 8.78 Å². The second-order valence-electron chi connectivity index (χ2n) is 11.3. The number of nitrogens with one attached hydrogen (secondary N) is 3. The maximum atomic E-state index is 13.9. The minimum atomic E-state index is -1.01. The van der Waals surface area contributed by atoms with Crippen LogP contribution in [-0.2, 0) is 27.2 Å². The molecule has 6 nitrogen and oxygen atoms in total. The van der Waals surface area contributed by atoms with Gasteiger partial charge in [0, 0.05) is 24.8 Å². The van der Waals surface area contributed by atoms with Crippen LogP contribution < -0.4 is 16.0 Å². The van der Waals surface area contributed by atoms with Gasteiger partial charge in [-0.05, 0) is 53.1 Å². The number of thioether (sulfide) groups is 1. The summed E-state index contributed by atoms with van der Waals surface area (Å²) >= 11 is 1.59. The van der Waals surface area contributed by atoms with E-state index >= 15 is 0 Å². The monoisotopic (exact) mass is 605 g/mol. The number of halogens is 2. The van der Waals surface area contributed by atoms with E-state index in [2.05, 4.69) is 28.1 Å². The molecule has 1 aliphatic carbocycles. The molecule has 9 heteroatoms. The summed E-state index contributed by atoms with van der Waals surface area (Å²) in [5, 5.41) is 8.30. The molecule has 0 aromatic heterocycles. The molecule has 3 aromatic carbocycles.